The number of hydrogen-bond acceptors (Lipinski definition) is 0. The largest absolute Gasteiger partial charge is 0.207 e. The second-order valence-corrected chi connectivity index (χ2v) is 10.4. The summed E-state index contributed by atoms with van der Waals surface area (Å²) in [7, 11) is 0. The Labute approximate surface area is 223 Å². The van der Waals surface area contributed by atoms with Crippen molar-refractivity contribution in [3.63, 3.8) is 0 Å². The van der Waals surface area contributed by atoms with E-state index in [0.29, 0.717) is 35.2 Å². The predicted molar refractivity (Wildman–Crippen MR) is 149 cm³/mol. The molecule has 0 saturated carbocycles. The number of halogens is 4. The quantitative estimate of drug-likeness (QED) is 0.162. The van der Waals surface area contributed by atoms with Crippen molar-refractivity contribution in [1.29, 1.82) is 0 Å². The van der Waals surface area contributed by atoms with Crippen molar-refractivity contribution >= 4 is 22.4 Å². The van der Waals surface area contributed by atoms with Gasteiger partial charge in [-0.1, -0.05) is 86.7 Å². The van der Waals surface area contributed by atoms with Gasteiger partial charge in [0.2, 0.25) is 0 Å². The molecule has 0 aromatic heterocycles. The average molecular weight is 523 g/mol. The van der Waals surface area contributed by atoms with Crippen molar-refractivity contribution < 1.29 is 13.2 Å². The van der Waals surface area contributed by atoms with E-state index in [1.54, 1.807) is 6.07 Å². The first-order chi connectivity index (χ1) is 17.9. The first-order valence-corrected chi connectivity index (χ1v) is 13.7. The summed E-state index contributed by atoms with van der Waals surface area (Å²) in [6.07, 6.45) is 8.37. The molecule has 4 heteroatoms. The minimum absolute atomic E-state index is 0.124. The predicted octanol–water partition coefficient (Wildman–Crippen LogP) is 9.99. The zero-order valence-electron chi connectivity index (χ0n) is 21.4. The monoisotopic (exact) mass is 522 g/mol. The third-order valence-corrected chi connectivity index (χ3v) is 7.38. The molecule has 0 bridgehead atoms. The highest BCUT2D eigenvalue weighted by Crippen LogP contribution is 2.25. The van der Waals surface area contributed by atoms with E-state index in [1.165, 1.54) is 31.4 Å². The number of hydrogen-bond donors (Lipinski definition) is 0. The van der Waals surface area contributed by atoms with Gasteiger partial charge in [-0.15, -0.1) is 0 Å². The molecule has 0 saturated heterocycles. The Hall–Kier alpha value is -2.78. The Bertz CT molecular complexity index is 1300. The molecule has 4 aromatic carbocycles. The standard InChI is InChI=1S/C33H34ClF3/c1-2-3-4-5-6-7-25-21-31(35)30(32(36)22-25)19-12-24-11-18-29-27(20-24)15-14-26(33(29)37)13-8-23-9-16-28(34)17-10-23/h9-11,14-18,20-22H,2-8,12-13,19H2,1H3. The summed E-state index contributed by atoms with van der Waals surface area (Å²) in [5.74, 6) is -1.15. The molecule has 0 heterocycles. The second-order valence-electron chi connectivity index (χ2n) is 9.92. The third-order valence-electron chi connectivity index (χ3n) is 7.13. The highest BCUT2D eigenvalue weighted by atomic mass is 35.5. The van der Waals surface area contributed by atoms with Crippen molar-refractivity contribution in [1.82, 2.24) is 0 Å². The van der Waals surface area contributed by atoms with Crippen LogP contribution in [-0.2, 0) is 32.1 Å². The molecule has 0 unspecified atom stereocenters. The van der Waals surface area contributed by atoms with E-state index in [-0.39, 0.29) is 17.8 Å². The van der Waals surface area contributed by atoms with Crippen LogP contribution >= 0.6 is 11.6 Å². The average Bonchev–Trinajstić information content (AvgIpc) is 2.88. The van der Waals surface area contributed by atoms with E-state index in [2.05, 4.69) is 6.92 Å². The molecule has 0 spiro atoms. The van der Waals surface area contributed by atoms with Gasteiger partial charge in [-0.2, -0.15) is 0 Å². The normalized spacial score (nSPS) is 11.4. The number of aryl methyl sites for hydroxylation is 4. The van der Waals surface area contributed by atoms with Crippen LogP contribution in [0.1, 0.15) is 66.8 Å². The summed E-state index contributed by atoms with van der Waals surface area (Å²) in [5, 5.41) is 2.05. The number of unbranched alkanes of at least 4 members (excludes halogenated alkanes) is 4. The Balaban J connectivity index is 1.38. The molecule has 0 fully saturated rings. The maximum absolute atomic E-state index is 15.2. The second kappa shape index (κ2) is 13.1. The van der Waals surface area contributed by atoms with Crippen molar-refractivity contribution in [3.05, 3.63) is 117 Å². The van der Waals surface area contributed by atoms with Crippen LogP contribution in [0.3, 0.4) is 0 Å². The molecule has 4 rings (SSSR count). The van der Waals surface area contributed by atoms with Crippen molar-refractivity contribution in [2.75, 3.05) is 0 Å². The zero-order valence-corrected chi connectivity index (χ0v) is 22.2. The highest BCUT2D eigenvalue weighted by molar-refractivity contribution is 6.30. The van der Waals surface area contributed by atoms with Crippen molar-refractivity contribution in [2.45, 2.75) is 71.1 Å². The Kier molecular flexibility index (Phi) is 9.68. The Morgan fingerprint density at radius 1 is 0.595 bits per heavy atom. The van der Waals surface area contributed by atoms with Crippen LogP contribution in [0.4, 0.5) is 13.2 Å². The summed E-state index contributed by atoms with van der Waals surface area (Å²) < 4.78 is 44.6. The van der Waals surface area contributed by atoms with E-state index in [4.69, 9.17) is 11.6 Å². The van der Waals surface area contributed by atoms with E-state index < -0.39 is 11.6 Å². The number of rotatable bonds is 12. The van der Waals surface area contributed by atoms with Crippen LogP contribution < -0.4 is 0 Å². The lowest BCUT2D eigenvalue weighted by Crippen LogP contribution is -2.02. The van der Waals surface area contributed by atoms with Gasteiger partial charge in [-0.25, -0.2) is 13.2 Å². The van der Waals surface area contributed by atoms with Crippen LogP contribution in [0.25, 0.3) is 10.8 Å². The van der Waals surface area contributed by atoms with Gasteiger partial charge in [0.05, 0.1) is 0 Å². The van der Waals surface area contributed by atoms with Crippen LogP contribution in [0, 0.1) is 17.5 Å². The molecule has 0 radical (unpaired) electrons. The lowest BCUT2D eigenvalue weighted by atomic mass is 9.96. The number of benzene rings is 4. The maximum atomic E-state index is 15.2. The van der Waals surface area contributed by atoms with E-state index in [1.807, 2.05) is 48.5 Å². The van der Waals surface area contributed by atoms with Gasteiger partial charge in [0, 0.05) is 16.0 Å². The van der Waals surface area contributed by atoms with Gasteiger partial charge in [0.1, 0.15) is 17.5 Å². The summed E-state index contributed by atoms with van der Waals surface area (Å²) in [6, 6.07) is 19.9. The molecule has 0 atom stereocenters. The van der Waals surface area contributed by atoms with E-state index in [9.17, 15) is 8.78 Å². The van der Waals surface area contributed by atoms with Crippen LogP contribution in [0.5, 0.6) is 0 Å². The van der Waals surface area contributed by atoms with Gasteiger partial charge >= 0.3 is 0 Å². The maximum Gasteiger partial charge on any atom is 0.134 e. The molecule has 37 heavy (non-hydrogen) atoms. The smallest absolute Gasteiger partial charge is 0.134 e. The van der Waals surface area contributed by atoms with Gasteiger partial charge in [0.25, 0.3) is 0 Å². The van der Waals surface area contributed by atoms with Crippen LogP contribution in [0.2, 0.25) is 5.02 Å². The minimum Gasteiger partial charge on any atom is -0.207 e. The first kappa shape index (κ1) is 27.3. The summed E-state index contributed by atoms with van der Waals surface area (Å²) in [5.41, 5.74) is 3.56. The fraction of sp³-hybridized carbons (Fsp3) is 0.333. The lowest BCUT2D eigenvalue weighted by molar-refractivity contribution is 0.549. The first-order valence-electron chi connectivity index (χ1n) is 13.4. The van der Waals surface area contributed by atoms with Crippen molar-refractivity contribution in [3.8, 4) is 0 Å². The molecular weight excluding hydrogens is 489 g/mol. The van der Waals surface area contributed by atoms with Gasteiger partial charge in [-0.3, -0.25) is 0 Å². The minimum atomic E-state index is -0.472. The highest BCUT2D eigenvalue weighted by Gasteiger charge is 2.13. The summed E-state index contributed by atoms with van der Waals surface area (Å²) in [6.45, 7) is 2.17. The van der Waals surface area contributed by atoms with E-state index in [0.717, 1.165) is 41.3 Å². The molecule has 194 valence electrons. The zero-order chi connectivity index (χ0) is 26.2. The topological polar surface area (TPSA) is 0 Å². The van der Waals surface area contributed by atoms with E-state index >= 15 is 4.39 Å². The molecule has 4 aromatic rings. The van der Waals surface area contributed by atoms with Gasteiger partial charge in [-0.05, 0) is 90.4 Å². The van der Waals surface area contributed by atoms with Gasteiger partial charge < -0.3 is 0 Å². The number of fused-ring (bicyclic) bond motifs is 1. The van der Waals surface area contributed by atoms with Crippen LogP contribution in [0.15, 0.2) is 66.7 Å². The lowest BCUT2D eigenvalue weighted by Gasteiger charge is -2.11. The fourth-order valence-electron chi connectivity index (χ4n) is 4.91. The Morgan fingerprint density at radius 2 is 1.27 bits per heavy atom. The summed E-state index contributed by atoms with van der Waals surface area (Å²) >= 11 is 5.94. The molecule has 0 N–H and O–H groups in total. The molecular formula is C33H34ClF3. The van der Waals surface area contributed by atoms with Crippen molar-refractivity contribution in [2.24, 2.45) is 0 Å². The molecule has 0 nitrogen and oxygen atoms in total. The molecule has 0 aliphatic rings. The van der Waals surface area contributed by atoms with Crippen LogP contribution in [-0.4, -0.2) is 0 Å². The molecule has 0 aliphatic carbocycles. The fourth-order valence-corrected chi connectivity index (χ4v) is 5.03. The summed E-state index contributed by atoms with van der Waals surface area (Å²) in [4.78, 5) is 0. The van der Waals surface area contributed by atoms with Gasteiger partial charge in [0.15, 0.2) is 0 Å². The molecule has 0 aliphatic heterocycles. The molecule has 0 amide bonds. The Morgan fingerprint density at radius 3 is 2.00 bits per heavy atom. The third kappa shape index (κ3) is 7.38. The SMILES string of the molecule is CCCCCCCc1cc(F)c(CCc2ccc3c(F)c(CCc4ccc(Cl)cc4)ccc3c2)c(F)c1.